The van der Waals surface area contributed by atoms with Gasteiger partial charge in [0.2, 0.25) is 5.52 Å². The van der Waals surface area contributed by atoms with Crippen LogP contribution >= 0.6 is 15.6 Å². The Hall–Kier alpha value is -4.13. The summed E-state index contributed by atoms with van der Waals surface area (Å²) in [6, 6.07) is 3.33. The third kappa shape index (κ3) is 7.91. The van der Waals surface area contributed by atoms with Crippen molar-refractivity contribution in [2.24, 2.45) is 0 Å². The summed E-state index contributed by atoms with van der Waals surface area (Å²) in [5, 5.41) is 53.1. The summed E-state index contributed by atoms with van der Waals surface area (Å²) in [6.07, 6.45) is -9.88. The highest BCUT2D eigenvalue weighted by Crippen LogP contribution is 2.60. The molecule has 0 radical (unpaired) electrons. The topological polar surface area (TPSA) is 365 Å². The van der Waals surface area contributed by atoms with Crippen LogP contribution in [0, 0.1) is 13.8 Å². The fourth-order valence-electron chi connectivity index (χ4n) is 5.61. The summed E-state index contributed by atoms with van der Waals surface area (Å²) < 4.78 is 46.7. The second-order valence-corrected chi connectivity index (χ2v) is 15.2. The smallest absolute Gasteiger partial charge is 0.388 e. The minimum Gasteiger partial charge on any atom is -0.388 e. The Kier molecular flexibility index (Phi) is 10.6. The molecule has 0 amide bonds. The molecule has 24 nitrogen and oxygen atoms in total. The predicted octanol–water partition coefficient (Wildman–Crippen LogP) is -2.96. The number of rotatable bonds is 13. The van der Waals surface area contributed by atoms with Crippen molar-refractivity contribution in [1.29, 1.82) is 0 Å². The molecule has 5 aromatic rings. The molecular formula is C27H34N9O15P2+. The molecule has 9 atom stereocenters. The van der Waals surface area contributed by atoms with Crippen molar-refractivity contribution >= 4 is 54.8 Å². The van der Waals surface area contributed by atoms with E-state index in [4.69, 9.17) is 15.0 Å². The quantitative estimate of drug-likeness (QED) is 0.0324. The van der Waals surface area contributed by atoms with E-state index in [0.717, 1.165) is 17.5 Å². The van der Waals surface area contributed by atoms with Crippen molar-refractivity contribution in [3.05, 3.63) is 56.8 Å². The maximum absolute atomic E-state index is 12.5. The predicted molar refractivity (Wildman–Crippen MR) is 176 cm³/mol. The number of fused-ring (bicyclic) bond motifs is 3. The number of H-pyrrole nitrogens is 2. The van der Waals surface area contributed by atoms with Crippen LogP contribution in [0.15, 0.2) is 34.4 Å². The van der Waals surface area contributed by atoms with Crippen molar-refractivity contribution in [3.8, 4) is 0 Å². The van der Waals surface area contributed by atoms with Crippen molar-refractivity contribution in [2.45, 2.75) is 63.2 Å². The van der Waals surface area contributed by atoms with Gasteiger partial charge in [0, 0.05) is 0 Å². The Labute approximate surface area is 295 Å². The molecule has 0 spiro atoms. The number of aryl methyl sites for hydroxylation is 2. The average molecular weight is 787 g/mol. The zero-order valence-electron chi connectivity index (χ0n) is 27.5. The normalized spacial score (nSPS) is 23.3. The highest BCUT2D eigenvalue weighted by molar-refractivity contribution is 7.61. The summed E-state index contributed by atoms with van der Waals surface area (Å²) in [7, 11) is -11.0. The van der Waals surface area contributed by atoms with Gasteiger partial charge in [-0.2, -0.15) is 9.29 Å². The number of aromatic nitrogens is 8. The monoisotopic (exact) mass is 786 g/mol. The fraction of sp³-hybridized carbons (Fsp3) is 0.444. The first kappa shape index (κ1) is 38.6. The second kappa shape index (κ2) is 14.6. The SMILES string of the molecule is Cc1cc2nc3c(=O)[nH]c(=O)[nH]c3[n+](C[C@H](O)[C@H](O)[C@H](O)COP(=O)(O)OP(=O)(O)OC[C@H]3O[C@@H](n4cnc5c(N)ncnc54)[C@@H](O)[C@@H]3O)c2cc1C. The van der Waals surface area contributed by atoms with Crippen LogP contribution in [0.3, 0.4) is 0 Å². The van der Waals surface area contributed by atoms with Gasteiger partial charge in [-0.25, -0.2) is 38.4 Å². The van der Waals surface area contributed by atoms with E-state index in [-0.39, 0.29) is 28.1 Å². The van der Waals surface area contributed by atoms with Crippen LogP contribution in [0.25, 0.3) is 33.4 Å². The van der Waals surface area contributed by atoms with E-state index in [2.05, 4.69) is 38.7 Å². The summed E-state index contributed by atoms with van der Waals surface area (Å²) in [5.74, 6) is 0.0305. The number of phosphoric acid groups is 2. The Morgan fingerprint density at radius 1 is 0.981 bits per heavy atom. The number of hydrogen-bond donors (Lipinski definition) is 10. The van der Waals surface area contributed by atoms with Gasteiger partial charge in [-0.1, -0.05) is 0 Å². The van der Waals surface area contributed by atoms with Gasteiger partial charge in [0.15, 0.2) is 23.2 Å². The van der Waals surface area contributed by atoms with Gasteiger partial charge in [0.25, 0.3) is 5.56 Å². The number of aromatic amines is 2. The van der Waals surface area contributed by atoms with Crippen molar-refractivity contribution in [2.75, 3.05) is 18.9 Å². The molecule has 0 aliphatic carbocycles. The lowest BCUT2D eigenvalue weighted by Crippen LogP contribution is -2.51. The van der Waals surface area contributed by atoms with Gasteiger partial charge in [0.05, 0.1) is 19.5 Å². The van der Waals surface area contributed by atoms with Crippen LogP contribution in [-0.4, -0.2) is 120 Å². The minimum absolute atomic E-state index is 0.0305. The first-order chi connectivity index (χ1) is 24.9. The first-order valence-corrected chi connectivity index (χ1v) is 18.5. The molecule has 286 valence electrons. The van der Waals surface area contributed by atoms with Crippen LogP contribution < -0.4 is 21.5 Å². The van der Waals surface area contributed by atoms with Crippen LogP contribution in [-0.2, 0) is 33.8 Å². The number of nitrogens with one attached hydrogen (secondary N) is 2. The standard InChI is InChI=1S/C27H33N9O15P2/c1-10-3-12-13(4-11(10)2)35(24-18(32-12)25(42)34-27(43)33-24)5-14(37)19(39)15(38)6-48-52(44,45)51-53(46,47)49-7-16-20(40)21(41)26(50-16)36-9-31-17-22(28)29-8-30-23(17)36/h3-4,8-9,14-16,19-21,26,37-41H,5-7H2,1-2H3,(H5,28,29,30,34,42,43,44,45,46,47)/p+1/t14-,15+,16+,19-,20+,21-,26+/m0/s1. The van der Waals surface area contributed by atoms with E-state index in [1.54, 1.807) is 26.0 Å². The lowest BCUT2D eigenvalue weighted by Gasteiger charge is -2.24. The highest BCUT2D eigenvalue weighted by atomic mass is 31.3. The lowest BCUT2D eigenvalue weighted by molar-refractivity contribution is -0.657. The lowest BCUT2D eigenvalue weighted by atomic mass is 10.1. The molecule has 4 aromatic heterocycles. The average Bonchev–Trinajstić information content (AvgIpc) is 3.63. The van der Waals surface area contributed by atoms with Gasteiger partial charge < -0.3 is 45.8 Å². The molecule has 1 aromatic carbocycles. The van der Waals surface area contributed by atoms with Crippen molar-refractivity contribution in [3.63, 3.8) is 0 Å². The number of imidazole rings is 1. The second-order valence-electron chi connectivity index (χ2n) is 12.1. The third-order valence-electron chi connectivity index (χ3n) is 8.46. The van der Waals surface area contributed by atoms with Crippen molar-refractivity contribution in [1.82, 2.24) is 34.5 Å². The molecule has 1 saturated heterocycles. The number of anilines is 1. The molecule has 1 aliphatic rings. The fourth-order valence-corrected chi connectivity index (χ4v) is 7.70. The number of ether oxygens (including phenoxy) is 1. The molecule has 5 heterocycles. The first-order valence-electron chi connectivity index (χ1n) is 15.5. The number of benzene rings is 1. The van der Waals surface area contributed by atoms with Gasteiger partial charge >= 0.3 is 27.0 Å². The molecule has 2 unspecified atom stereocenters. The maximum atomic E-state index is 12.5. The zero-order chi connectivity index (χ0) is 38.6. The molecule has 0 saturated carbocycles. The van der Waals surface area contributed by atoms with Crippen LogP contribution in [0.4, 0.5) is 5.82 Å². The number of nitrogen functional groups attached to an aromatic ring is 1. The van der Waals surface area contributed by atoms with E-state index in [0.29, 0.717) is 11.0 Å². The van der Waals surface area contributed by atoms with E-state index in [1.165, 1.54) is 15.5 Å². The molecule has 6 rings (SSSR count). The number of aliphatic hydroxyl groups excluding tert-OH is 5. The van der Waals surface area contributed by atoms with Gasteiger partial charge in [-0.05, 0) is 37.1 Å². The Morgan fingerprint density at radius 3 is 2.42 bits per heavy atom. The minimum atomic E-state index is -5.54. The highest BCUT2D eigenvalue weighted by Gasteiger charge is 2.46. The zero-order valence-corrected chi connectivity index (χ0v) is 29.3. The van der Waals surface area contributed by atoms with E-state index >= 15 is 0 Å². The third-order valence-corrected chi connectivity index (χ3v) is 11.1. The molecular weight excluding hydrogens is 752 g/mol. The molecule has 53 heavy (non-hydrogen) atoms. The van der Waals surface area contributed by atoms with Gasteiger partial charge in [0.1, 0.15) is 60.5 Å². The Bertz CT molecular complexity index is 2410. The summed E-state index contributed by atoms with van der Waals surface area (Å²) in [4.78, 5) is 65.4. The van der Waals surface area contributed by atoms with E-state index < -0.39 is 89.5 Å². The molecule has 26 heteroatoms. The summed E-state index contributed by atoms with van der Waals surface area (Å²) in [6.45, 7) is 0.855. The summed E-state index contributed by atoms with van der Waals surface area (Å²) in [5.41, 5.74) is 6.28. The van der Waals surface area contributed by atoms with E-state index in [1.807, 2.05) is 0 Å². The van der Waals surface area contributed by atoms with Crippen LogP contribution in [0.5, 0.6) is 0 Å². The largest absolute Gasteiger partial charge is 0.481 e. The number of nitrogens with zero attached hydrogens (tertiary/aromatic N) is 6. The molecule has 11 N–H and O–H groups in total. The van der Waals surface area contributed by atoms with Crippen molar-refractivity contribution < 1.29 is 67.1 Å². The van der Waals surface area contributed by atoms with Gasteiger partial charge in [-0.3, -0.25) is 23.4 Å². The van der Waals surface area contributed by atoms with Crippen LogP contribution in [0.2, 0.25) is 0 Å². The number of aliphatic hydroxyl groups is 5. The molecule has 1 aliphatic heterocycles. The van der Waals surface area contributed by atoms with Gasteiger partial charge in [-0.15, -0.1) is 0 Å². The Balaban J connectivity index is 1.07. The maximum Gasteiger partial charge on any atom is 0.481 e. The molecule has 0 bridgehead atoms. The Morgan fingerprint density at radius 2 is 1.68 bits per heavy atom. The number of phosphoric ester groups is 2. The number of hydrogen-bond acceptors (Lipinski definition) is 18. The molecule has 1 fully saturated rings. The van der Waals surface area contributed by atoms with Crippen LogP contribution in [0.1, 0.15) is 17.4 Å². The number of nitrogens with two attached hydrogens (primary N) is 1. The summed E-state index contributed by atoms with van der Waals surface area (Å²) >= 11 is 0. The van der Waals surface area contributed by atoms with E-state index in [9.17, 15) is 54.0 Å².